The second-order valence-electron chi connectivity index (χ2n) is 8.00. The van der Waals surface area contributed by atoms with Crippen LogP contribution in [0.2, 0.25) is 5.02 Å². The third kappa shape index (κ3) is 3.16. The molecule has 0 bridgehead atoms. The highest BCUT2D eigenvalue weighted by Crippen LogP contribution is 2.37. The number of nitrogens with zero attached hydrogens (tertiary/aromatic N) is 4. The van der Waals surface area contributed by atoms with E-state index in [4.69, 9.17) is 11.6 Å². The first-order valence-corrected chi connectivity index (χ1v) is 10.6. The van der Waals surface area contributed by atoms with Crippen molar-refractivity contribution in [3.8, 4) is 0 Å². The molecule has 0 saturated carbocycles. The number of likely N-dealkylation sites (tertiary alicyclic amines) is 1. The van der Waals surface area contributed by atoms with Gasteiger partial charge in [-0.25, -0.2) is 4.79 Å². The van der Waals surface area contributed by atoms with Crippen LogP contribution in [0.5, 0.6) is 0 Å². The summed E-state index contributed by atoms with van der Waals surface area (Å²) in [6.07, 6.45) is 1.26. The van der Waals surface area contributed by atoms with E-state index < -0.39 is 11.6 Å². The Hall–Kier alpha value is -3.59. The maximum atomic E-state index is 13.1. The smallest absolute Gasteiger partial charge is 0.432 e. The average molecular weight is 454 g/mol. The molecule has 32 heavy (non-hydrogen) atoms. The van der Waals surface area contributed by atoms with Gasteiger partial charge in [0.25, 0.3) is 5.91 Å². The van der Waals surface area contributed by atoms with Crippen molar-refractivity contribution in [2.45, 2.75) is 18.4 Å². The normalized spacial score (nSPS) is 17.7. The molecule has 2 N–H and O–H groups in total. The molecule has 10 heteroatoms. The zero-order valence-electron chi connectivity index (χ0n) is 17.0. The van der Waals surface area contributed by atoms with E-state index in [1.54, 1.807) is 35.2 Å². The molecule has 2 fully saturated rings. The Morgan fingerprint density at radius 1 is 1.09 bits per heavy atom. The van der Waals surface area contributed by atoms with Gasteiger partial charge in [-0.15, -0.1) is 0 Å². The predicted octanol–water partition coefficient (Wildman–Crippen LogP) is 2.78. The van der Waals surface area contributed by atoms with Gasteiger partial charge >= 0.3 is 6.09 Å². The molecule has 2 aliphatic rings. The van der Waals surface area contributed by atoms with Crippen molar-refractivity contribution >= 4 is 46.1 Å². The first-order chi connectivity index (χ1) is 15.4. The number of nitrogens with one attached hydrogen (secondary N) is 1. The summed E-state index contributed by atoms with van der Waals surface area (Å²) in [5.41, 5.74) is 1.10. The molecule has 1 aromatic heterocycles. The van der Waals surface area contributed by atoms with Gasteiger partial charge < -0.3 is 20.2 Å². The fraction of sp³-hybridized carbons (Fsp3) is 0.273. The Kier molecular flexibility index (Phi) is 4.78. The molecular formula is C22H20ClN5O4. The average Bonchev–Trinajstić information content (AvgIpc) is 3.36. The van der Waals surface area contributed by atoms with Crippen LogP contribution in [0.3, 0.4) is 0 Å². The van der Waals surface area contributed by atoms with E-state index >= 15 is 0 Å². The summed E-state index contributed by atoms with van der Waals surface area (Å²) in [4.78, 5) is 40.9. The number of hydrogen-bond donors (Lipinski definition) is 2. The van der Waals surface area contributed by atoms with Gasteiger partial charge in [0.2, 0.25) is 5.91 Å². The van der Waals surface area contributed by atoms with Crippen molar-refractivity contribution < 1.29 is 19.5 Å². The summed E-state index contributed by atoms with van der Waals surface area (Å²) < 4.78 is 0.873. The van der Waals surface area contributed by atoms with E-state index in [1.165, 1.54) is 6.20 Å². The number of amides is 2. The van der Waals surface area contributed by atoms with Crippen LogP contribution in [0.15, 0.2) is 48.7 Å². The van der Waals surface area contributed by atoms with Crippen molar-refractivity contribution in [2.75, 3.05) is 24.7 Å². The maximum Gasteiger partial charge on any atom is 0.432 e. The first kappa shape index (κ1) is 20.3. The van der Waals surface area contributed by atoms with Crippen LogP contribution in [0.1, 0.15) is 23.2 Å². The maximum absolute atomic E-state index is 13.1. The van der Waals surface area contributed by atoms with E-state index in [0.717, 1.165) is 10.4 Å². The van der Waals surface area contributed by atoms with Gasteiger partial charge in [0.1, 0.15) is 5.54 Å². The number of benzene rings is 2. The molecule has 2 saturated heterocycles. The number of carboxylic acid groups (broad SMARTS) is 1. The standard InChI is InChI=1S/C22H20ClN5O4/c23-16-2-4-17(5-3-16)27-13-24-20(30)22(27)7-9-26(10-8-22)19(29)14-1-6-18-15(11-14)12-25-28(18)21(31)32/h1-6,11-12H,7-10,13H2,(H,24,30)(H,31,32). The van der Waals surface area contributed by atoms with Crippen LogP contribution in [0, 0.1) is 0 Å². The fourth-order valence-corrected chi connectivity index (χ4v) is 4.75. The lowest BCUT2D eigenvalue weighted by molar-refractivity contribution is -0.124. The van der Waals surface area contributed by atoms with Crippen LogP contribution in [-0.2, 0) is 4.79 Å². The highest BCUT2D eigenvalue weighted by atomic mass is 35.5. The topological polar surface area (TPSA) is 108 Å². The molecule has 164 valence electrons. The quantitative estimate of drug-likeness (QED) is 0.617. The molecule has 3 heterocycles. The van der Waals surface area contributed by atoms with Gasteiger partial charge in [0.05, 0.1) is 18.4 Å². The summed E-state index contributed by atoms with van der Waals surface area (Å²) in [7, 11) is 0. The van der Waals surface area contributed by atoms with E-state index in [-0.39, 0.29) is 11.8 Å². The zero-order valence-corrected chi connectivity index (χ0v) is 17.7. The Morgan fingerprint density at radius 3 is 2.50 bits per heavy atom. The van der Waals surface area contributed by atoms with Crippen LogP contribution >= 0.6 is 11.6 Å². The molecule has 0 radical (unpaired) electrons. The summed E-state index contributed by atoms with van der Waals surface area (Å²) in [6, 6.07) is 12.2. The lowest BCUT2D eigenvalue weighted by Gasteiger charge is -2.43. The Balaban J connectivity index is 1.35. The molecule has 0 aliphatic carbocycles. The molecular weight excluding hydrogens is 434 g/mol. The van der Waals surface area contributed by atoms with E-state index in [9.17, 15) is 19.5 Å². The predicted molar refractivity (Wildman–Crippen MR) is 118 cm³/mol. The molecule has 2 amide bonds. The highest BCUT2D eigenvalue weighted by molar-refractivity contribution is 6.30. The summed E-state index contributed by atoms with van der Waals surface area (Å²) in [5.74, 6) is -0.177. The molecule has 5 rings (SSSR count). The number of carbonyl (C=O) groups is 3. The lowest BCUT2D eigenvalue weighted by Crippen LogP contribution is -2.57. The SMILES string of the molecule is O=C(c1ccc2c(cnn2C(=O)O)c1)N1CCC2(CC1)C(=O)NCN2c1ccc(Cl)cc1. The zero-order chi connectivity index (χ0) is 22.5. The van der Waals surface area contributed by atoms with E-state index in [0.29, 0.717) is 54.1 Å². The summed E-state index contributed by atoms with van der Waals surface area (Å²) in [6.45, 7) is 1.28. The number of aromatic nitrogens is 2. The molecule has 3 aromatic rings. The summed E-state index contributed by atoms with van der Waals surface area (Å²) >= 11 is 6.01. The Bertz CT molecular complexity index is 1230. The van der Waals surface area contributed by atoms with Gasteiger partial charge in [-0.3, -0.25) is 9.59 Å². The van der Waals surface area contributed by atoms with Gasteiger partial charge in [0.15, 0.2) is 0 Å². The van der Waals surface area contributed by atoms with Crippen LogP contribution < -0.4 is 10.2 Å². The highest BCUT2D eigenvalue weighted by Gasteiger charge is 2.50. The molecule has 1 spiro atoms. The Morgan fingerprint density at radius 2 is 1.81 bits per heavy atom. The molecule has 2 aliphatic heterocycles. The number of piperidine rings is 1. The van der Waals surface area contributed by atoms with Crippen LogP contribution in [-0.4, -0.2) is 63.0 Å². The third-order valence-electron chi connectivity index (χ3n) is 6.35. The second kappa shape index (κ2) is 7.52. The first-order valence-electron chi connectivity index (χ1n) is 10.2. The number of carbonyl (C=O) groups excluding carboxylic acids is 2. The number of anilines is 1. The van der Waals surface area contributed by atoms with Gasteiger partial charge in [-0.2, -0.15) is 9.78 Å². The molecule has 2 aromatic carbocycles. The van der Waals surface area contributed by atoms with Crippen LogP contribution in [0.25, 0.3) is 10.9 Å². The van der Waals surface area contributed by atoms with Crippen LogP contribution in [0.4, 0.5) is 10.5 Å². The minimum Gasteiger partial charge on any atom is -0.463 e. The fourth-order valence-electron chi connectivity index (χ4n) is 4.63. The second-order valence-corrected chi connectivity index (χ2v) is 8.44. The number of hydrogen-bond acceptors (Lipinski definition) is 5. The number of halogens is 1. The minimum atomic E-state index is -1.18. The van der Waals surface area contributed by atoms with Crippen molar-refractivity contribution in [3.63, 3.8) is 0 Å². The largest absolute Gasteiger partial charge is 0.463 e. The molecule has 0 atom stereocenters. The summed E-state index contributed by atoms with van der Waals surface area (Å²) in [5, 5.41) is 17.2. The molecule has 9 nitrogen and oxygen atoms in total. The van der Waals surface area contributed by atoms with Crippen molar-refractivity contribution in [1.82, 2.24) is 20.0 Å². The monoisotopic (exact) mass is 453 g/mol. The minimum absolute atomic E-state index is 0.0259. The van der Waals surface area contributed by atoms with Gasteiger partial charge in [-0.05, 0) is 55.3 Å². The number of fused-ring (bicyclic) bond motifs is 1. The van der Waals surface area contributed by atoms with Gasteiger partial charge in [0, 0.05) is 34.7 Å². The lowest BCUT2D eigenvalue weighted by atomic mass is 9.85. The number of rotatable bonds is 2. The van der Waals surface area contributed by atoms with E-state index in [1.807, 2.05) is 12.1 Å². The van der Waals surface area contributed by atoms with E-state index in [2.05, 4.69) is 15.3 Å². The Labute approximate surface area is 188 Å². The van der Waals surface area contributed by atoms with Crippen molar-refractivity contribution in [3.05, 3.63) is 59.2 Å². The van der Waals surface area contributed by atoms with Crippen molar-refractivity contribution in [1.29, 1.82) is 0 Å². The van der Waals surface area contributed by atoms with Gasteiger partial charge in [-0.1, -0.05) is 11.6 Å². The third-order valence-corrected chi connectivity index (χ3v) is 6.60. The van der Waals surface area contributed by atoms with Crippen molar-refractivity contribution in [2.24, 2.45) is 0 Å². The molecule has 0 unspecified atom stereocenters.